The van der Waals surface area contributed by atoms with Gasteiger partial charge in [-0.25, -0.2) is 9.80 Å². The summed E-state index contributed by atoms with van der Waals surface area (Å²) in [5.74, 6) is -0.393. The Morgan fingerprint density at radius 1 is 1.27 bits per heavy atom. The number of hydrogen-bond donors (Lipinski definition) is 0. The number of rotatable bonds is 4. The quantitative estimate of drug-likeness (QED) is 0.645. The monoisotopic (exact) mass is 449 g/mol. The Morgan fingerprint density at radius 3 is 2.50 bits per heavy atom. The third kappa shape index (κ3) is 4.36. The number of hydrogen-bond acceptors (Lipinski definition) is 7. The van der Waals surface area contributed by atoms with Crippen LogP contribution >= 0.6 is 23.4 Å². The number of anilines is 1. The van der Waals surface area contributed by atoms with E-state index in [9.17, 15) is 14.4 Å². The highest BCUT2D eigenvalue weighted by molar-refractivity contribution is 8.14. The van der Waals surface area contributed by atoms with E-state index in [2.05, 4.69) is 5.10 Å². The van der Waals surface area contributed by atoms with Gasteiger partial charge >= 0.3 is 5.97 Å². The van der Waals surface area contributed by atoms with Crippen molar-refractivity contribution in [3.63, 3.8) is 0 Å². The van der Waals surface area contributed by atoms with Crippen molar-refractivity contribution >= 4 is 52.0 Å². The fraction of sp³-hybridized carbons (Fsp3) is 0.300. The maximum Gasteiger partial charge on any atom is 0.341 e. The van der Waals surface area contributed by atoms with Crippen LogP contribution in [0.2, 0.25) is 5.02 Å². The average molecular weight is 450 g/mol. The number of thioether (sulfide) groups is 1. The highest BCUT2D eigenvalue weighted by Gasteiger charge is 2.38. The molecule has 2 amide bonds. The summed E-state index contributed by atoms with van der Waals surface area (Å²) in [6.07, 6.45) is 0. The summed E-state index contributed by atoms with van der Waals surface area (Å²) >= 11 is 7.11. The predicted molar refractivity (Wildman–Crippen MR) is 114 cm³/mol. The zero-order valence-corrected chi connectivity index (χ0v) is 18.4. The van der Waals surface area contributed by atoms with Crippen molar-refractivity contribution in [3.8, 4) is 0 Å². The summed E-state index contributed by atoms with van der Waals surface area (Å²) in [6.45, 7) is 6.36. The summed E-state index contributed by atoms with van der Waals surface area (Å²) in [5.41, 5.74) is 0.843. The van der Waals surface area contributed by atoms with E-state index in [1.165, 1.54) is 23.8 Å². The number of ether oxygens (including phenoxy) is 1. The van der Waals surface area contributed by atoms with Crippen LogP contribution in [0.3, 0.4) is 0 Å². The first kappa shape index (κ1) is 21.9. The normalized spacial score (nSPS) is 15.7. The van der Waals surface area contributed by atoms with Crippen LogP contribution in [0, 0.1) is 6.92 Å². The van der Waals surface area contributed by atoms with E-state index < -0.39 is 11.3 Å². The number of halogens is 1. The highest BCUT2D eigenvalue weighted by atomic mass is 35.5. The van der Waals surface area contributed by atoms with Crippen molar-refractivity contribution in [1.29, 1.82) is 0 Å². The lowest BCUT2D eigenvalue weighted by atomic mass is 10.2. The number of nitrogens with zero attached hydrogens (tertiary/aromatic N) is 3. The molecule has 1 atom stereocenters. The van der Waals surface area contributed by atoms with Crippen LogP contribution in [-0.4, -0.2) is 34.6 Å². The van der Waals surface area contributed by atoms with Gasteiger partial charge in [0.05, 0.1) is 12.3 Å². The molecule has 0 fully saturated rings. The SMILES string of the molecule is CCOC(=O)c1cc(C2SC(N(C(C)=O)c3ccc(Cl)cc3)=NN2C(C)=O)oc1C. The number of esters is 1. The Hall–Kier alpha value is -2.78. The molecule has 1 unspecified atom stereocenters. The second-order valence-electron chi connectivity index (χ2n) is 6.39. The summed E-state index contributed by atoms with van der Waals surface area (Å²) < 4.78 is 10.8. The van der Waals surface area contributed by atoms with E-state index in [-0.39, 0.29) is 24.0 Å². The van der Waals surface area contributed by atoms with Gasteiger partial charge in [0.25, 0.3) is 0 Å². The van der Waals surface area contributed by atoms with Gasteiger partial charge in [0.1, 0.15) is 17.1 Å². The number of carbonyl (C=O) groups is 3. The van der Waals surface area contributed by atoms with Gasteiger partial charge in [0, 0.05) is 18.9 Å². The lowest BCUT2D eigenvalue weighted by Crippen LogP contribution is -2.32. The minimum absolute atomic E-state index is 0.235. The molecule has 0 aliphatic carbocycles. The van der Waals surface area contributed by atoms with Crippen molar-refractivity contribution < 1.29 is 23.5 Å². The van der Waals surface area contributed by atoms with Crippen LogP contribution in [0.1, 0.15) is 48.0 Å². The van der Waals surface area contributed by atoms with E-state index in [0.717, 1.165) is 11.8 Å². The van der Waals surface area contributed by atoms with Gasteiger partial charge in [-0.05, 0) is 44.2 Å². The Bertz CT molecular complexity index is 1020. The minimum Gasteiger partial charge on any atom is -0.462 e. The van der Waals surface area contributed by atoms with Crippen molar-refractivity contribution in [1.82, 2.24) is 5.01 Å². The second kappa shape index (κ2) is 8.93. The van der Waals surface area contributed by atoms with Crippen LogP contribution < -0.4 is 4.90 Å². The number of amidine groups is 1. The van der Waals surface area contributed by atoms with Crippen LogP contribution in [0.5, 0.6) is 0 Å². The van der Waals surface area contributed by atoms with Gasteiger partial charge in [-0.15, -0.1) is 5.10 Å². The predicted octanol–water partition coefficient (Wildman–Crippen LogP) is 4.34. The van der Waals surface area contributed by atoms with Crippen LogP contribution in [0.4, 0.5) is 5.69 Å². The van der Waals surface area contributed by atoms with Gasteiger partial charge in [0.2, 0.25) is 11.8 Å². The Morgan fingerprint density at radius 2 is 1.93 bits per heavy atom. The van der Waals surface area contributed by atoms with Gasteiger partial charge < -0.3 is 9.15 Å². The zero-order chi connectivity index (χ0) is 22.0. The molecule has 0 N–H and O–H groups in total. The highest BCUT2D eigenvalue weighted by Crippen LogP contribution is 2.42. The molecular weight excluding hydrogens is 430 g/mol. The molecule has 0 spiro atoms. The van der Waals surface area contributed by atoms with E-state index >= 15 is 0 Å². The summed E-state index contributed by atoms with van der Waals surface area (Å²) in [4.78, 5) is 38.1. The largest absolute Gasteiger partial charge is 0.462 e. The first-order valence-electron chi connectivity index (χ1n) is 9.11. The molecule has 3 rings (SSSR count). The fourth-order valence-corrected chi connectivity index (χ4v) is 4.21. The molecule has 0 radical (unpaired) electrons. The molecule has 30 heavy (non-hydrogen) atoms. The lowest BCUT2D eigenvalue weighted by Gasteiger charge is -2.19. The van der Waals surface area contributed by atoms with E-state index in [4.69, 9.17) is 20.8 Å². The Labute approximate surface area is 182 Å². The molecule has 1 aromatic carbocycles. The molecule has 2 aromatic rings. The second-order valence-corrected chi connectivity index (χ2v) is 7.87. The molecule has 10 heteroatoms. The Balaban J connectivity index is 1.95. The summed E-state index contributed by atoms with van der Waals surface area (Å²) in [6, 6.07) is 8.24. The van der Waals surface area contributed by atoms with Gasteiger partial charge in [0.15, 0.2) is 10.5 Å². The molecule has 1 aromatic heterocycles. The lowest BCUT2D eigenvalue weighted by molar-refractivity contribution is -0.129. The smallest absolute Gasteiger partial charge is 0.341 e. The molecule has 1 aliphatic rings. The molecule has 2 heterocycles. The number of aryl methyl sites for hydroxylation is 1. The van der Waals surface area contributed by atoms with Crippen LogP contribution in [0.15, 0.2) is 39.9 Å². The third-order valence-corrected chi connectivity index (χ3v) is 5.60. The number of amides is 2. The Kier molecular flexibility index (Phi) is 6.52. The van der Waals surface area contributed by atoms with Gasteiger partial charge in [-0.1, -0.05) is 23.4 Å². The van der Waals surface area contributed by atoms with Gasteiger partial charge in [-0.3, -0.25) is 14.5 Å². The summed E-state index contributed by atoms with van der Waals surface area (Å²) in [5, 5.41) is 5.73. The fourth-order valence-electron chi connectivity index (χ4n) is 2.88. The standard InChI is InChI=1S/C20H20ClN3O5S/c1-5-28-19(27)16-10-17(29-11(16)2)18-24(13(4)26)22-20(30-18)23(12(3)25)15-8-6-14(21)7-9-15/h6-10,18H,5H2,1-4H3. The average Bonchev–Trinajstić information content (AvgIpc) is 3.27. The molecule has 8 nitrogen and oxygen atoms in total. The number of benzene rings is 1. The summed E-state index contributed by atoms with van der Waals surface area (Å²) in [7, 11) is 0. The molecule has 0 bridgehead atoms. The van der Waals surface area contributed by atoms with E-state index in [0.29, 0.717) is 27.4 Å². The van der Waals surface area contributed by atoms with Crippen molar-refractivity contribution in [2.24, 2.45) is 5.10 Å². The third-order valence-electron chi connectivity index (χ3n) is 4.22. The molecule has 158 valence electrons. The van der Waals surface area contributed by atoms with Gasteiger partial charge in [-0.2, -0.15) is 0 Å². The first-order chi connectivity index (χ1) is 14.2. The van der Waals surface area contributed by atoms with Crippen molar-refractivity contribution in [2.75, 3.05) is 11.5 Å². The minimum atomic E-state index is -0.673. The number of furan rings is 1. The molecule has 0 saturated heterocycles. The molecular formula is C20H20ClN3O5S. The molecule has 0 saturated carbocycles. The topological polar surface area (TPSA) is 92.4 Å². The zero-order valence-electron chi connectivity index (χ0n) is 16.8. The van der Waals surface area contributed by atoms with E-state index in [1.807, 2.05) is 0 Å². The van der Waals surface area contributed by atoms with Crippen molar-refractivity contribution in [2.45, 2.75) is 33.1 Å². The number of hydrazone groups is 1. The van der Waals surface area contributed by atoms with Crippen molar-refractivity contribution in [3.05, 3.63) is 52.4 Å². The maximum atomic E-state index is 12.4. The maximum absolute atomic E-state index is 12.4. The molecule has 1 aliphatic heterocycles. The van der Waals surface area contributed by atoms with Crippen LogP contribution in [0.25, 0.3) is 0 Å². The first-order valence-corrected chi connectivity index (χ1v) is 10.4. The number of carbonyl (C=O) groups excluding carboxylic acids is 3. The van der Waals surface area contributed by atoms with E-state index in [1.54, 1.807) is 44.2 Å². The van der Waals surface area contributed by atoms with Crippen LogP contribution in [-0.2, 0) is 14.3 Å².